The van der Waals surface area contributed by atoms with Crippen LogP contribution >= 0.6 is 11.6 Å². The Morgan fingerprint density at radius 1 is 1.16 bits per heavy atom. The Hall–Kier alpha value is -2.97. The van der Waals surface area contributed by atoms with Gasteiger partial charge in [-0.1, -0.05) is 17.7 Å². The van der Waals surface area contributed by atoms with Crippen LogP contribution < -0.4 is 24.8 Å². The second kappa shape index (κ2) is 11.1. The minimum Gasteiger partial charge on any atom is -0.493 e. The molecular weight excluding hydrogens is 434 g/mol. The minimum absolute atomic E-state index is 0.0327. The number of anilines is 1. The van der Waals surface area contributed by atoms with Crippen molar-refractivity contribution in [3.8, 4) is 17.2 Å². The molecule has 1 aliphatic rings. The Balaban J connectivity index is 1.87. The zero-order valence-corrected chi connectivity index (χ0v) is 19.4. The molecule has 1 unspecified atom stereocenters. The second-order valence-corrected chi connectivity index (χ2v) is 7.71. The van der Waals surface area contributed by atoms with Gasteiger partial charge in [0.2, 0.25) is 11.7 Å². The van der Waals surface area contributed by atoms with Gasteiger partial charge in [0.15, 0.2) is 11.5 Å². The molecular formula is C23H28ClN3O5. The molecule has 9 heteroatoms. The van der Waals surface area contributed by atoms with Crippen molar-refractivity contribution < 1.29 is 23.7 Å². The number of rotatable bonds is 7. The zero-order valence-electron chi connectivity index (χ0n) is 18.7. The van der Waals surface area contributed by atoms with Gasteiger partial charge in [-0.3, -0.25) is 10.1 Å². The van der Waals surface area contributed by atoms with E-state index in [4.69, 9.17) is 30.5 Å². The standard InChI is InChI=1S/C23H28ClN3O5/c1-14-7-8-16(24)12-18(14)26-23(25-13-17-6-5-9-32-17)27-22(28)15-10-19(29-2)21(31-4)20(11-15)30-3/h7-8,10-12,17H,5-6,9,13H2,1-4H3,(H2,25,26,27,28). The van der Waals surface area contributed by atoms with Crippen molar-refractivity contribution in [3.63, 3.8) is 0 Å². The van der Waals surface area contributed by atoms with E-state index in [-0.39, 0.29) is 12.0 Å². The highest BCUT2D eigenvalue weighted by Crippen LogP contribution is 2.38. The van der Waals surface area contributed by atoms with Crippen LogP contribution in [0, 0.1) is 6.92 Å². The fourth-order valence-electron chi connectivity index (χ4n) is 3.34. The first kappa shape index (κ1) is 23.7. The first-order valence-corrected chi connectivity index (χ1v) is 10.6. The number of aliphatic imine (C=N–C) groups is 1. The summed E-state index contributed by atoms with van der Waals surface area (Å²) in [5.74, 6) is 1.08. The zero-order chi connectivity index (χ0) is 23.1. The van der Waals surface area contributed by atoms with Gasteiger partial charge in [-0.05, 0) is 49.6 Å². The predicted octanol–water partition coefficient (Wildman–Crippen LogP) is 4.05. The molecule has 32 heavy (non-hydrogen) atoms. The lowest BCUT2D eigenvalue weighted by Crippen LogP contribution is -2.37. The molecule has 172 valence electrons. The number of carbonyl (C=O) groups excluding carboxylic acids is 1. The van der Waals surface area contributed by atoms with Gasteiger partial charge in [0.1, 0.15) is 0 Å². The Morgan fingerprint density at radius 3 is 2.47 bits per heavy atom. The topological polar surface area (TPSA) is 90.4 Å². The van der Waals surface area contributed by atoms with Crippen LogP contribution in [-0.4, -0.2) is 52.5 Å². The highest BCUT2D eigenvalue weighted by molar-refractivity contribution is 6.31. The summed E-state index contributed by atoms with van der Waals surface area (Å²) in [4.78, 5) is 17.7. The smallest absolute Gasteiger partial charge is 0.258 e. The third-order valence-electron chi connectivity index (χ3n) is 5.09. The number of nitrogens with zero attached hydrogens (tertiary/aromatic N) is 1. The van der Waals surface area contributed by atoms with Crippen molar-refractivity contribution in [2.45, 2.75) is 25.9 Å². The average molecular weight is 462 g/mol. The monoisotopic (exact) mass is 461 g/mol. The number of amides is 1. The predicted molar refractivity (Wildman–Crippen MR) is 125 cm³/mol. The van der Waals surface area contributed by atoms with Crippen LogP contribution in [0.4, 0.5) is 5.69 Å². The van der Waals surface area contributed by atoms with Gasteiger partial charge < -0.3 is 24.3 Å². The molecule has 0 aromatic heterocycles. The summed E-state index contributed by atoms with van der Waals surface area (Å²) >= 11 is 6.15. The summed E-state index contributed by atoms with van der Waals surface area (Å²) in [6.45, 7) is 3.10. The van der Waals surface area contributed by atoms with Crippen molar-refractivity contribution in [3.05, 3.63) is 46.5 Å². The molecule has 2 N–H and O–H groups in total. The number of carbonyl (C=O) groups is 1. The van der Waals surface area contributed by atoms with Crippen molar-refractivity contribution in [1.29, 1.82) is 0 Å². The number of guanidine groups is 1. The highest BCUT2D eigenvalue weighted by Gasteiger charge is 2.19. The summed E-state index contributed by atoms with van der Waals surface area (Å²) in [6.07, 6.45) is 1.98. The van der Waals surface area contributed by atoms with E-state index in [0.717, 1.165) is 30.7 Å². The SMILES string of the molecule is COc1cc(C(=O)NC(=NCC2CCCO2)Nc2cc(Cl)ccc2C)cc(OC)c1OC. The molecule has 1 aliphatic heterocycles. The first-order chi connectivity index (χ1) is 15.4. The molecule has 8 nitrogen and oxygen atoms in total. The van der Waals surface area contributed by atoms with Gasteiger partial charge in [0.25, 0.3) is 5.91 Å². The Bertz CT molecular complexity index is 965. The largest absolute Gasteiger partial charge is 0.493 e. The minimum atomic E-state index is -0.387. The Labute approximate surface area is 192 Å². The van der Waals surface area contributed by atoms with E-state index in [0.29, 0.717) is 40.3 Å². The summed E-state index contributed by atoms with van der Waals surface area (Å²) in [5.41, 5.74) is 2.03. The fraction of sp³-hybridized carbons (Fsp3) is 0.391. The molecule has 2 aromatic carbocycles. The maximum atomic E-state index is 13.1. The molecule has 1 heterocycles. The van der Waals surface area contributed by atoms with Gasteiger partial charge in [0, 0.05) is 22.9 Å². The van der Waals surface area contributed by atoms with E-state index in [9.17, 15) is 4.79 Å². The van der Waals surface area contributed by atoms with Crippen molar-refractivity contribution >= 4 is 29.2 Å². The number of halogens is 1. The Kier molecular flexibility index (Phi) is 8.19. The number of nitrogens with one attached hydrogen (secondary N) is 2. The van der Waals surface area contributed by atoms with Crippen LogP contribution in [-0.2, 0) is 4.74 Å². The van der Waals surface area contributed by atoms with Crippen LogP contribution in [0.2, 0.25) is 5.02 Å². The number of aryl methyl sites for hydroxylation is 1. The van der Waals surface area contributed by atoms with E-state index in [1.54, 1.807) is 24.3 Å². The Morgan fingerprint density at radius 2 is 1.88 bits per heavy atom. The van der Waals surface area contributed by atoms with Crippen molar-refractivity contribution in [1.82, 2.24) is 5.32 Å². The van der Waals surface area contributed by atoms with E-state index < -0.39 is 0 Å². The lowest BCUT2D eigenvalue weighted by atomic mass is 10.1. The van der Waals surface area contributed by atoms with Gasteiger partial charge in [-0.2, -0.15) is 0 Å². The number of ether oxygens (including phenoxy) is 4. The molecule has 1 fully saturated rings. The molecule has 1 atom stereocenters. The molecule has 2 aromatic rings. The summed E-state index contributed by atoms with van der Waals surface area (Å²) in [7, 11) is 4.50. The lowest BCUT2D eigenvalue weighted by molar-refractivity contribution is 0.0974. The first-order valence-electron chi connectivity index (χ1n) is 10.3. The van der Waals surface area contributed by atoms with Crippen LogP contribution in [0.15, 0.2) is 35.3 Å². The summed E-state index contributed by atoms with van der Waals surface area (Å²) in [5, 5.41) is 6.60. The number of hydrogen-bond acceptors (Lipinski definition) is 6. The molecule has 0 saturated carbocycles. The van der Waals surface area contributed by atoms with Crippen LogP contribution in [0.1, 0.15) is 28.8 Å². The van der Waals surface area contributed by atoms with Gasteiger partial charge >= 0.3 is 0 Å². The van der Waals surface area contributed by atoms with E-state index in [1.165, 1.54) is 21.3 Å². The molecule has 0 spiro atoms. The quantitative estimate of drug-likeness (QED) is 0.477. The van der Waals surface area contributed by atoms with Crippen LogP contribution in [0.25, 0.3) is 0 Å². The summed E-state index contributed by atoms with van der Waals surface area (Å²) < 4.78 is 21.7. The van der Waals surface area contributed by atoms with E-state index in [2.05, 4.69) is 15.6 Å². The van der Waals surface area contributed by atoms with Gasteiger partial charge in [0.05, 0.1) is 34.0 Å². The molecule has 0 aliphatic carbocycles. The lowest BCUT2D eigenvalue weighted by Gasteiger charge is -2.17. The maximum Gasteiger partial charge on any atom is 0.258 e. The van der Waals surface area contributed by atoms with Crippen LogP contribution in [0.3, 0.4) is 0 Å². The number of methoxy groups -OCH3 is 3. The van der Waals surface area contributed by atoms with Crippen molar-refractivity contribution in [2.24, 2.45) is 4.99 Å². The molecule has 0 radical (unpaired) electrons. The van der Waals surface area contributed by atoms with Gasteiger partial charge in [-0.25, -0.2) is 4.99 Å². The maximum absolute atomic E-state index is 13.1. The van der Waals surface area contributed by atoms with Crippen LogP contribution in [0.5, 0.6) is 17.2 Å². The summed E-state index contributed by atoms with van der Waals surface area (Å²) in [6, 6.07) is 8.64. The molecule has 3 rings (SSSR count). The molecule has 0 bridgehead atoms. The third kappa shape index (κ3) is 5.83. The second-order valence-electron chi connectivity index (χ2n) is 7.28. The molecule has 1 saturated heterocycles. The third-order valence-corrected chi connectivity index (χ3v) is 5.32. The number of hydrogen-bond donors (Lipinski definition) is 2. The van der Waals surface area contributed by atoms with Crippen molar-refractivity contribution in [2.75, 3.05) is 39.8 Å². The average Bonchev–Trinajstić information content (AvgIpc) is 3.32. The fourth-order valence-corrected chi connectivity index (χ4v) is 3.51. The normalized spacial score (nSPS) is 15.9. The highest BCUT2D eigenvalue weighted by atomic mass is 35.5. The van der Waals surface area contributed by atoms with Gasteiger partial charge in [-0.15, -0.1) is 0 Å². The molecule has 1 amide bonds. The number of benzene rings is 2. The van der Waals surface area contributed by atoms with E-state index in [1.807, 2.05) is 13.0 Å². The van der Waals surface area contributed by atoms with E-state index >= 15 is 0 Å².